The molecule has 0 atom stereocenters. The maximum atomic E-state index is 4.02. The van der Waals surface area contributed by atoms with E-state index in [2.05, 4.69) is 70.0 Å². The summed E-state index contributed by atoms with van der Waals surface area (Å²) in [6.45, 7) is 9.54. The van der Waals surface area contributed by atoms with Gasteiger partial charge in [-0.05, 0) is 29.5 Å². The summed E-state index contributed by atoms with van der Waals surface area (Å²) < 4.78 is 0. The molecule has 141 valence electrons. The minimum atomic E-state index is 0.969. The number of hydrogen-bond donors (Lipinski definition) is 0. The van der Waals surface area contributed by atoms with Crippen LogP contribution in [0.4, 0.5) is 5.69 Å². The molecule has 0 saturated carbocycles. The van der Waals surface area contributed by atoms with Gasteiger partial charge < -0.3 is 4.90 Å². The lowest BCUT2D eigenvalue weighted by molar-refractivity contribution is 0.718. The van der Waals surface area contributed by atoms with E-state index in [0.29, 0.717) is 0 Å². The number of para-hydroxylation sites is 1. The van der Waals surface area contributed by atoms with Crippen LogP contribution in [0.1, 0.15) is 62.6 Å². The number of nitrogens with zero attached hydrogens (tertiary/aromatic N) is 1. The minimum absolute atomic E-state index is 0.969. The van der Waals surface area contributed by atoms with Crippen molar-refractivity contribution in [2.45, 2.75) is 65.2 Å². The van der Waals surface area contributed by atoms with Crippen LogP contribution in [0.5, 0.6) is 0 Å². The lowest BCUT2D eigenvalue weighted by Crippen LogP contribution is -2.27. The highest BCUT2D eigenvalue weighted by Gasteiger charge is 2.23. The molecule has 0 fully saturated rings. The van der Waals surface area contributed by atoms with Crippen LogP contribution < -0.4 is 10.4 Å². The maximum Gasteiger partial charge on any atom is 0.151 e. The van der Waals surface area contributed by atoms with Crippen LogP contribution >= 0.6 is 0 Å². The van der Waals surface area contributed by atoms with E-state index in [1.165, 1.54) is 83.8 Å². The molecule has 1 aliphatic rings. The molecule has 0 bridgehead atoms. The Balaban J connectivity index is 2.03. The van der Waals surface area contributed by atoms with Crippen LogP contribution in [0.3, 0.4) is 0 Å². The average molecular weight is 358 g/mol. The standard InChI is InChI=1S/C25H33BN/c1-5-8-10-12-20-16-23-21(17-24(20)26-15-9-6-2)18-27(4)25-19(7-3)13-11-14-22(23)25/h7,11,13-14,16-17H,3,5-6,8-10,12,15,18H2,1-2,4H3. The fourth-order valence-electron chi connectivity index (χ4n) is 4.23. The predicted molar refractivity (Wildman–Crippen MR) is 122 cm³/mol. The van der Waals surface area contributed by atoms with Gasteiger partial charge in [-0.15, -0.1) is 0 Å². The first-order valence-corrected chi connectivity index (χ1v) is 10.7. The Bertz CT molecular complexity index is 793. The lowest BCUT2D eigenvalue weighted by atomic mass is 9.63. The van der Waals surface area contributed by atoms with E-state index >= 15 is 0 Å². The highest BCUT2D eigenvalue weighted by atomic mass is 15.1. The van der Waals surface area contributed by atoms with Crippen LogP contribution in [0.15, 0.2) is 36.9 Å². The van der Waals surface area contributed by atoms with Crippen molar-refractivity contribution in [3.8, 4) is 11.1 Å². The molecule has 2 aromatic carbocycles. The Hall–Kier alpha value is -1.96. The summed E-state index contributed by atoms with van der Waals surface area (Å²) in [5.74, 6) is 0. The number of anilines is 1. The van der Waals surface area contributed by atoms with Gasteiger partial charge in [-0.3, -0.25) is 0 Å². The largest absolute Gasteiger partial charge is 0.369 e. The van der Waals surface area contributed by atoms with Crippen molar-refractivity contribution in [2.75, 3.05) is 11.9 Å². The zero-order valence-corrected chi connectivity index (χ0v) is 17.4. The molecule has 0 saturated heterocycles. The summed E-state index contributed by atoms with van der Waals surface area (Å²) in [7, 11) is 4.67. The van der Waals surface area contributed by atoms with Gasteiger partial charge in [0.25, 0.3) is 0 Å². The Morgan fingerprint density at radius 2 is 1.89 bits per heavy atom. The maximum absolute atomic E-state index is 4.02. The van der Waals surface area contributed by atoms with Gasteiger partial charge in [0, 0.05) is 19.2 Å². The van der Waals surface area contributed by atoms with Crippen LogP contribution in [-0.4, -0.2) is 14.3 Å². The van der Waals surface area contributed by atoms with Gasteiger partial charge in [0.1, 0.15) is 0 Å². The normalized spacial score (nSPS) is 12.5. The first-order valence-electron chi connectivity index (χ1n) is 10.7. The molecule has 2 heteroatoms. The third-order valence-electron chi connectivity index (χ3n) is 5.70. The third-order valence-corrected chi connectivity index (χ3v) is 5.70. The van der Waals surface area contributed by atoms with Gasteiger partial charge in [-0.25, -0.2) is 0 Å². The molecule has 0 amide bonds. The zero-order valence-electron chi connectivity index (χ0n) is 17.4. The second-order valence-electron chi connectivity index (χ2n) is 7.82. The Morgan fingerprint density at radius 3 is 2.63 bits per heavy atom. The van der Waals surface area contributed by atoms with Gasteiger partial charge in [-0.1, -0.05) is 99.9 Å². The van der Waals surface area contributed by atoms with Crippen molar-refractivity contribution in [3.05, 3.63) is 53.6 Å². The molecule has 0 aliphatic carbocycles. The van der Waals surface area contributed by atoms with Crippen LogP contribution in [-0.2, 0) is 13.0 Å². The van der Waals surface area contributed by atoms with Gasteiger partial charge in [0.2, 0.25) is 0 Å². The highest BCUT2D eigenvalue weighted by molar-refractivity contribution is 6.54. The number of fused-ring (bicyclic) bond motifs is 3. The van der Waals surface area contributed by atoms with Crippen molar-refractivity contribution in [1.82, 2.24) is 0 Å². The Labute approximate surface area is 166 Å². The second-order valence-corrected chi connectivity index (χ2v) is 7.82. The van der Waals surface area contributed by atoms with Gasteiger partial charge in [0.05, 0.1) is 5.69 Å². The summed E-state index contributed by atoms with van der Waals surface area (Å²) >= 11 is 0. The predicted octanol–water partition coefficient (Wildman–Crippen LogP) is 6.23. The molecule has 0 spiro atoms. The molecular weight excluding hydrogens is 325 g/mol. The topological polar surface area (TPSA) is 3.24 Å². The van der Waals surface area contributed by atoms with E-state index < -0.39 is 0 Å². The van der Waals surface area contributed by atoms with Crippen molar-refractivity contribution >= 4 is 24.5 Å². The summed E-state index contributed by atoms with van der Waals surface area (Å²) in [6, 6.07) is 11.6. The molecule has 0 aromatic heterocycles. The van der Waals surface area contributed by atoms with Gasteiger partial charge in [0.15, 0.2) is 7.28 Å². The molecule has 1 aliphatic heterocycles. The van der Waals surface area contributed by atoms with E-state index in [-0.39, 0.29) is 0 Å². The highest BCUT2D eigenvalue weighted by Crippen LogP contribution is 2.41. The van der Waals surface area contributed by atoms with E-state index in [4.69, 9.17) is 0 Å². The quantitative estimate of drug-likeness (QED) is 0.379. The molecule has 1 heterocycles. The first-order chi connectivity index (χ1) is 13.2. The third kappa shape index (κ3) is 4.31. The van der Waals surface area contributed by atoms with E-state index in [1.807, 2.05) is 6.08 Å². The summed E-state index contributed by atoms with van der Waals surface area (Å²) in [5, 5.41) is 0. The average Bonchev–Trinajstić information content (AvgIpc) is 2.68. The summed E-state index contributed by atoms with van der Waals surface area (Å²) in [6.07, 6.45) is 10.7. The SMILES string of the molecule is C=Cc1cccc2c1N(C)Cc1cc([B]CCCC)c(CCCCC)cc1-2. The van der Waals surface area contributed by atoms with Crippen molar-refractivity contribution in [1.29, 1.82) is 0 Å². The molecule has 1 nitrogen and oxygen atoms in total. The van der Waals surface area contributed by atoms with Gasteiger partial charge >= 0.3 is 0 Å². The van der Waals surface area contributed by atoms with Crippen molar-refractivity contribution in [2.24, 2.45) is 0 Å². The van der Waals surface area contributed by atoms with Crippen LogP contribution in [0.25, 0.3) is 17.2 Å². The zero-order chi connectivity index (χ0) is 19.2. The van der Waals surface area contributed by atoms with Gasteiger partial charge in [-0.2, -0.15) is 0 Å². The molecule has 1 radical (unpaired) electrons. The number of benzene rings is 2. The number of rotatable bonds is 9. The molecule has 0 unspecified atom stereocenters. The molecular formula is C25H33BN. The number of hydrogen-bond acceptors (Lipinski definition) is 1. The molecule has 27 heavy (non-hydrogen) atoms. The molecule has 2 aromatic rings. The Kier molecular flexibility index (Phi) is 6.82. The summed E-state index contributed by atoms with van der Waals surface area (Å²) in [5.41, 5.74) is 9.77. The smallest absolute Gasteiger partial charge is 0.151 e. The first kappa shape index (κ1) is 19.8. The Morgan fingerprint density at radius 1 is 1.07 bits per heavy atom. The van der Waals surface area contributed by atoms with Crippen molar-refractivity contribution in [3.63, 3.8) is 0 Å². The van der Waals surface area contributed by atoms with E-state index in [9.17, 15) is 0 Å². The van der Waals surface area contributed by atoms with Crippen LogP contribution in [0, 0.1) is 0 Å². The van der Waals surface area contributed by atoms with Crippen molar-refractivity contribution < 1.29 is 0 Å². The lowest BCUT2D eigenvalue weighted by Gasteiger charge is -2.32. The number of aryl methyl sites for hydroxylation is 1. The molecule has 0 N–H and O–H groups in total. The van der Waals surface area contributed by atoms with E-state index in [1.54, 1.807) is 0 Å². The monoisotopic (exact) mass is 358 g/mol. The molecule has 3 rings (SSSR count). The van der Waals surface area contributed by atoms with E-state index in [0.717, 1.165) is 6.54 Å². The minimum Gasteiger partial charge on any atom is -0.369 e. The fourth-order valence-corrected chi connectivity index (χ4v) is 4.23. The van der Waals surface area contributed by atoms with Crippen LogP contribution in [0.2, 0.25) is 6.32 Å². The second kappa shape index (κ2) is 9.31. The number of unbranched alkanes of at least 4 members (excludes halogenated alkanes) is 3. The fraction of sp³-hybridized carbons (Fsp3) is 0.440. The summed E-state index contributed by atoms with van der Waals surface area (Å²) in [4.78, 5) is 2.38.